The fourth-order valence-electron chi connectivity index (χ4n) is 2.87. The van der Waals surface area contributed by atoms with Gasteiger partial charge < -0.3 is 10.2 Å². The van der Waals surface area contributed by atoms with E-state index in [0.29, 0.717) is 18.8 Å². The Hall–Kier alpha value is -0.480. The molecule has 0 amide bonds. The highest BCUT2D eigenvalue weighted by Crippen LogP contribution is 2.17. The molecule has 0 spiro atoms. The number of carbonyl (C=O) groups is 2. The second kappa shape index (κ2) is 21.6. The van der Waals surface area contributed by atoms with Gasteiger partial charge in [-0.2, -0.15) is 0 Å². The number of rotatable bonds is 17. The van der Waals surface area contributed by atoms with Crippen molar-refractivity contribution in [2.24, 2.45) is 5.92 Å². The summed E-state index contributed by atoms with van der Waals surface area (Å²) < 4.78 is 0. The van der Waals surface area contributed by atoms with Gasteiger partial charge in [0.25, 0.3) is 0 Å². The van der Waals surface area contributed by atoms with E-state index in [0.717, 1.165) is 25.7 Å². The molecule has 0 rings (SSSR count). The van der Waals surface area contributed by atoms with E-state index in [4.69, 9.17) is 10.2 Å². The van der Waals surface area contributed by atoms with Crippen LogP contribution in [0.3, 0.4) is 0 Å². The standard InChI is InChI=1S/C19H36O4.2ClH/c1-17(15-16-19(22)23)13-11-9-7-5-3-2-4-6-8-10-12-14-18(20)21;;/h17H,2-16H2,1H3,(H,20,21)(H,22,23);2*1H. The molecule has 0 bridgehead atoms. The van der Waals surface area contributed by atoms with Crippen LogP contribution in [0.1, 0.15) is 103 Å². The average Bonchev–Trinajstić information content (AvgIpc) is 2.49. The quantitative estimate of drug-likeness (QED) is 0.273. The van der Waals surface area contributed by atoms with Gasteiger partial charge in [-0.05, 0) is 18.8 Å². The first-order chi connectivity index (χ1) is 11.0. The molecule has 2 N–H and O–H groups in total. The zero-order valence-electron chi connectivity index (χ0n) is 15.7. The lowest BCUT2D eigenvalue weighted by Crippen LogP contribution is -2.01. The van der Waals surface area contributed by atoms with Crippen molar-refractivity contribution < 1.29 is 19.8 Å². The lowest BCUT2D eigenvalue weighted by atomic mass is 9.97. The third-order valence-electron chi connectivity index (χ3n) is 4.44. The molecular formula is C19H38Cl2O4. The van der Waals surface area contributed by atoms with E-state index < -0.39 is 11.9 Å². The highest BCUT2D eigenvalue weighted by atomic mass is 35.5. The molecule has 0 aliphatic heterocycles. The normalized spacial score (nSPS) is 11.2. The summed E-state index contributed by atoms with van der Waals surface area (Å²) in [5, 5.41) is 17.2. The third kappa shape index (κ3) is 25.9. The van der Waals surface area contributed by atoms with E-state index in [1.165, 1.54) is 57.8 Å². The van der Waals surface area contributed by atoms with E-state index in [-0.39, 0.29) is 24.8 Å². The van der Waals surface area contributed by atoms with E-state index in [9.17, 15) is 9.59 Å². The van der Waals surface area contributed by atoms with Gasteiger partial charge in [-0.1, -0.05) is 77.6 Å². The summed E-state index contributed by atoms with van der Waals surface area (Å²) in [5.41, 5.74) is 0. The number of carboxylic acids is 2. The first-order valence-electron chi connectivity index (χ1n) is 9.46. The second-order valence-electron chi connectivity index (χ2n) is 6.86. The Morgan fingerprint density at radius 1 is 0.600 bits per heavy atom. The largest absolute Gasteiger partial charge is 0.481 e. The zero-order chi connectivity index (χ0) is 17.3. The number of halogens is 2. The molecule has 0 aliphatic rings. The SMILES string of the molecule is CC(CCCCCCCCCCCCCC(=O)O)CCC(=O)O.Cl.Cl. The van der Waals surface area contributed by atoms with Gasteiger partial charge in [0.1, 0.15) is 0 Å². The summed E-state index contributed by atoms with van der Waals surface area (Å²) in [7, 11) is 0. The van der Waals surface area contributed by atoms with Crippen LogP contribution in [-0.2, 0) is 9.59 Å². The number of unbranched alkanes of at least 4 members (excludes halogenated alkanes) is 10. The Kier molecular flexibility index (Phi) is 25.3. The number of hydrogen-bond acceptors (Lipinski definition) is 2. The molecule has 1 atom stereocenters. The van der Waals surface area contributed by atoms with Crippen LogP contribution in [0.2, 0.25) is 0 Å². The van der Waals surface area contributed by atoms with Gasteiger partial charge >= 0.3 is 11.9 Å². The minimum atomic E-state index is -0.682. The predicted molar refractivity (Wildman–Crippen MR) is 108 cm³/mol. The van der Waals surface area contributed by atoms with E-state index in [1.54, 1.807) is 0 Å². The summed E-state index contributed by atoms with van der Waals surface area (Å²) >= 11 is 0. The molecule has 25 heavy (non-hydrogen) atoms. The van der Waals surface area contributed by atoms with Crippen molar-refractivity contribution in [1.82, 2.24) is 0 Å². The van der Waals surface area contributed by atoms with Crippen LogP contribution in [0.25, 0.3) is 0 Å². The predicted octanol–water partition coefficient (Wildman–Crippen LogP) is 6.49. The fraction of sp³-hybridized carbons (Fsp3) is 0.895. The monoisotopic (exact) mass is 400 g/mol. The Morgan fingerprint density at radius 3 is 1.36 bits per heavy atom. The molecule has 0 aliphatic carbocycles. The summed E-state index contributed by atoms with van der Waals surface area (Å²) in [5.74, 6) is -0.827. The maximum atomic E-state index is 10.5. The number of aliphatic carboxylic acids is 2. The molecule has 152 valence electrons. The van der Waals surface area contributed by atoms with E-state index >= 15 is 0 Å². The molecule has 0 saturated heterocycles. The van der Waals surface area contributed by atoms with Crippen LogP contribution in [-0.4, -0.2) is 22.2 Å². The van der Waals surface area contributed by atoms with Crippen LogP contribution >= 0.6 is 24.8 Å². The molecule has 1 unspecified atom stereocenters. The van der Waals surface area contributed by atoms with Gasteiger partial charge in [0.05, 0.1) is 0 Å². The summed E-state index contributed by atoms with van der Waals surface area (Å²) in [4.78, 5) is 20.8. The Bertz CT molecular complexity index is 312. The maximum absolute atomic E-state index is 10.5. The van der Waals surface area contributed by atoms with Crippen molar-refractivity contribution in [3.63, 3.8) is 0 Å². The average molecular weight is 401 g/mol. The van der Waals surface area contributed by atoms with Crippen LogP contribution in [0.15, 0.2) is 0 Å². The van der Waals surface area contributed by atoms with Gasteiger partial charge in [0.2, 0.25) is 0 Å². The summed E-state index contributed by atoms with van der Waals surface area (Å²) in [6.45, 7) is 2.15. The van der Waals surface area contributed by atoms with Crippen LogP contribution in [0.4, 0.5) is 0 Å². The van der Waals surface area contributed by atoms with Crippen LogP contribution < -0.4 is 0 Å². The molecule has 6 heteroatoms. The van der Waals surface area contributed by atoms with Crippen molar-refractivity contribution >= 4 is 36.8 Å². The van der Waals surface area contributed by atoms with Gasteiger partial charge in [-0.15, -0.1) is 24.8 Å². The number of hydrogen-bond donors (Lipinski definition) is 2. The Labute approximate surface area is 166 Å². The maximum Gasteiger partial charge on any atom is 0.303 e. The van der Waals surface area contributed by atoms with Crippen molar-refractivity contribution in [2.75, 3.05) is 0 Å². The van der Waals surface area contributed by atoms with Crippen LogP contribution in [0.5, 0.6) is 0 Å². The lowest BCUT2D eigenvalue weighted by molar-refractivity contribution is -0.138. The molecule has 0 aromatic rings. The smallest absolute Gasteiger partial charge is 0.303 e. The molecule has 0 fully saturated rings. The minimum absolute atomic E-state index is 0. The minimum Gasteiger partial charge on any atom is -0.481 e. The summed E-state index contributed by atoms with van der Waals surface area (Å²) in [6, 6.07) is 0. The Balaban J connectivity index is -0.00000242. The first-order valence-corrected chi connectivity index (χ1v) is 9.46. The first kappa shape index (κ1) is 29.3. The molecule has 0 saturated carbocycles. The summed E-state index contributed by atoms with van der Waals surface area (Å²) in [6.07, 6.45) is 15.8. The van der Waals surface area contributed by atoms with Gasteiger partial charge in [0, 0.05) is 12.8 Å². The molecule has 0 aromatic heterocycles. The van der Waals surface area contributed by atoms with Gasteiger partial charge in [-0.3, -0.25) is 9.59 Å². The van der Waals surface area contributed by atoms with Crippen molar-refractivity contribution in [1.29, 1.82) is 0 Å². The van der Waals surface area contributed by atoms with Crippen molar-refractivity contribution in [2.45, 2.75) is 103 Å². The molecule has 0 heterocycles. The lowest BCUT2D eigenvalue weighted by Gasteiger charge is -2.09. The van der Waals surface area contributed by atoms with Gasteiger partial charge in [0.15, 0.2) is 0 Å². The highest BCUT2D eigenvalue weighted by Gasteiger charge is 2.05. The van der Waals surface area contributed by atoms with E-state index in [2.05, 4.69) is 6.92 Å². The second-order valence-corrected chi connectivity index (χ2v) is 6.86. The molecular weight excluding hydrogens is 363 g/mol. The third-order valence-corrected chi connectivity index (χ3v) is 4.44. The molecule has 4 nitrogen and oxygen atoms in total. The number of carboxylic acid groups (broad SMARTS) is 2. The topological polar surface area (TPSA) is 74.6 Å². The molecule has 0 radical (unpaired) electrons. The zero-order valence-corrected chi connectivity index (χ0v) is 17.3. The van der Waals surface area contributed by atoms with Gasteiger partial charge in [-0.25, -0.2) is 0 Å². The van der Waals surface area contributed by atoms with Crippen molar-refractivity contribution in [3.05, 3.63) is 0 Å². The van der Waals surface area contributed by atoms with E-state index in [1.807, 2.05) is 0 Å². The van der Waals surface area contributed by atoms with Crippen molar-refractivity contribution in [3.8, 4) is 0 Å². The van der Waals surface area contributed by atoms with Crippen LogP contribution in [0, 0.1) is 5.92 Å². The highest BCUT2D eigenvalue weighted by molar-refractivity contribution is 5.85. The Morgan fingerprint density at radius 2 is 0.960 bits per heavy atom. The molecule has 0 aromatic carbocycles. The fourth-order valence-corrected chi connectivity index (χ4v) is 2.87.